The Morgan fingerprint density at radius 3 is 2.27 bits per heavy atom. The Kier molecular flexibility index (Phi) is 11.7. The number of rotatable bonds is 15. The molecule has 2 atom stereocenters. The number of fused-ring (bicyclic) bond motifs is 3. The van der Waals surface area contributed by atoms with Crippen molar-refractivity contribution >= 4 is 37.3 Å². The van der Waals surface area contributed by atoms with Gasteiger partial charge in [-0.25, -0.2) is 0 Å². The highest BCUT2D eigenvalue weighted by molar-refractivity contribution is 6.10. The van der Waals surface area contributed by atoms with Gasteiger partial charge in [0.25, 0.3) is 11.8 Å². The molecule has 0 aliphatic carbocycles. The molecule has 3 heterocycles. The predicted molar refractivity (Wildman–Crippen MR) is 205 cm³/mol. The molecular weight excluding hydrogens is 659 g/mol. The molecule has 1 saturated heterocycles. The van der Waals surface area contributed by atoms with Crippen molar-refractivity contribution in [3.05, 3.63) is 59.7 Å². The van der Waals surface area contributed by atoms with E-state index in [1.807, 2.05) is 6.21 Å². The van der Waals surface area contributed by atoms with Gasteiger partial charge in [-0.3, -0.25) is 14.6 Å². The van der Waals surface area contributed by atoms with Gasteiger partial charge in [0, 0.05) is 38.5 Å². The van der Waals surface area contributed by atoms with E-state index in [9.17, 15) is 14.7 Å². The van der Waals surface area contributed by atoms with Crippen LogP contribution in [-0.4, -0.2) is 107 Å². The Labute approximate surface area is 309 Å². The van der Waals surface area contributed by atoms with Gasteiger partial charge in [-0.2, -0.15) is 0 Å². The maximum Gasteiger partial charge on any atom is 0.257 e. The quantitative estimate of drug-likeness (QED) is 0.171. The molecule has 0 spiro atoms. The standard InChI is InChI=1S/C40H53BN4O7/c1-25-14-27-20-42-30-17-34(32(49-8)15-28(30)38(48)45(27)22-25)52-24-40(5,6)11-10-39(3,4)12-13-51-35-18-31-29(16-33(35)50-9)37(47)44(21-26(2)19-41)23-36(46)43(31)7/h15-18,20,27,36,46H,1-2,10-14,19,21-24H2,3-9H3. The third kappa shape index (κ3) is 8.60. The van der Waals surface area contributed by atoms with Crippen molar-refractivity contribution in [2.75, 3.05) is 59.0 Å². The maximum atomic E-state index is 13.5. The second kappa shape index (κ2) is 15.7. The summed E-state index contributed by atoms with van der Waals surface area (Å²) in [5, 5.41) is 10.9. The lowest BCUT2D eigenvalue weighted by molar-refractivity contribution is 0.0671. The monoisotopic (exact) mass is 712 g/mol. The van der Waals surface area contributed by atoms with Gasteiger partial charge in [0.05, 0.1) is 70.4 Å². The smallest absolute Gasteiger partial charge is 0.257 e. The summed E-state index contributed by atoms with van der Waals surface area (Å²) in [5.74, 6) is 1.69. The van der Waals surface area contributed by atoms with E-state index in [4.69, 9.17) is 26.8 Å². The number of nitrogens with zero attached hydrogens (tertiary/aromatic N) is 4. The zero-order valence-electron chi connectivity index (χ0n) is 31.8. The fourth-order valence-electron chi connectivity index (χ4n) is 6.68. The number of likely N-dealkylation sites (N-methyl/N-ethyl adjacent to an activating group) is 1. The van der Waals surface area contributed by atoms with Gasteiger partial charge in [0.15, 0.2) is 23.0 Å². The third-order valence-electron chi connectivity index (χ3n) is 10.3. The van der Waals surface area contributed by atoms with Gasteiger partial charge in [0.2, 0.25) is 0 Å². The van der Waals surface area contributed by atoms with E-state index >= 15 is 0 Å². The van der Waals surface area contributed by atoms with Gasteiger partial charge in [-0.15, -0.1) is 0 Å². The lowest BCUT2D eigenvalue weighted by Gasteiger charge is -2.31. The van der Waals surface area contributed by atoms with Crippen LogP contribution in [0.1, 0.15) is 74.1 Å². The lowest BCUT2D eigenvalue weighted by atomic mass is 9.78. The molecule has 0 aromatic heterocycles. The van der Waals surface area contributed by atoms with Crippen molar-refractivity contribution in [1.82, 2.24) is 9.80 Å². The van der Waals surface area contributed by atoms with Crippen LogP contribution in [0.25, 0.3) is 0 Å². The molecule has 1 N–H and O–H groups in total. The number of aliphatic hydroxyl groups excluding tert-OH is 1. The molecule has 0 bridgehead atoms. The van der Waals surface area contributed by atoms with Crippen LogP contribution >= 0.6 is 0 Å². The molecule has 2 radical (unpaired) electrons. The molecule has 3 aliphatic heterocycles. The summed E-state index contributed by atoms with van der Waals surface area (Å²) in [6.07, 6.45) is 4.47. The zero-order chi connectivity index (χ0) is 38.0. The average molecular weight is 713 g/mol. The number of amides is 2. The van der Waals surface area contributed by atoms with E-state index < -0.39 is 6.23 Å². The molecule has 278 valence electrons. The van der Waals surface area contributed by atoms with E-state index in [-0.39, 0.29) is 48.1 Å². The highest BCUT2D eigenvalue weighted by Gasteiger charge is 2.35. The number of hydrogen-bond acceptors (Lipinski definition) is 9. The molecule has 2 aromatic carbocycles. The van der Waals surface area contributed by atoms with Crippen molar-refractivity contribution in [3.63, 3.8) is 0 Å². The van der Waals surface area contributed by atoms with Gasteiger partial charge >= 0.3 is 0 Å². The van der Waals surface area contributed by atoms with Crippen LogP contribution < -0.4 is 23.8 Å². The zero-order valence-corrected chi connectivity index (χ0v) is 31.8. The SMILES string of the molecule is [B]CC(=C)CN1CC(O)N(C)c2cc(OCCC(C)(C)CCC(C)(C)COc3cc4c(cc3OC)C(=O)N3CC(=C)CC3C=N4)c(OC)cc2C1=O. The number of ether oxygens (including phenoxy) is 4. The number of aliphatic imine (C=N–C) groups is 1. The first-order valence-corrected chi connectivity index (χ1v) is 17.8. The Bertz CT molecular complexity index is 1740. The summed E-state index contributed by atoms with van der Waals surface area (Å²) in [6, 6.07) is 6.90. The van der Waals surface area contributed by atoms with Gasteiger partial charge in [-0.05, 0) is 48.6 Å². The topological polar surface area (TPSA) is 113 Å². The largest absolute Gasteiger partial charge is 0.493 e. The maximum absolute atomic E-state index is 13.5. The normalized spacial score (nSPS) is 18.8. The van der Waals surface area contributed by atoms with Gasteiger partial charge < -0.3 is 38.8 Å². The minimum absolute atomic E-state index is 0.0550. The lowest BCUT2D eigenvalue weighted by Crippen LogP contribution is -2.41. The molecule has 5 rings (SSSR count). The molecule has 3 aliphatic rings. The van der Waals surface area contributed by atoms with Crippen LogP contribution in [0.15, 0.2) is 53.6 Å². The highest BCUT2D eigenvalue weighted by Crippen LogP contribution is 2.41. The molecule has 11 nitrogen and oxygen atoms in total. The molecule has 2 unspecified atom stereocenters. The van der Waals surface area contributed by atoms with Gasteiger partial charge in [-0.1, -0.05) is 58.3 Å². The fraction of sp³-hybridized carbons (Fsp3) is 0.525. The molecule has 52 heavy (non-hydrogen) atoms. The summed E-state index contributed by atoms with van der Waals surface area (Å²) in [4.78, 5) is 36.5. The minimum atomic E-state index is -0.919. The van der Waals surface area contributed by atoms with Crippen molar-refractivity contribution in [2.45, 2.75) is 72.0 Å². The van der Waals surface area contributed by atoms with Crippen molar-refractivity contribution in [1.29, 1.82) is 0 Å². The number of carbonyl (C=O) groups is 2. The molecule has 0 saturated carbocycles. The van der Waals surface area contributed by atoms with E-state index in [2.05, 4.69) is 45.8 Å². The molecule has 2 amide bonds. The van der Waals surface area contributed by atoms with Gasteiger partial charge in [0.1, 0.15) is 6.23 Å². The Balaban J connectivity index is 1.19. The number of carbonyl (C=O) groups excluding carboxylic acids is 2. The Morgan fingerprint density at radius 1 is 0.942 bits per heavy atom. The molecular formula is C40H53BN4O7. The molecule has 12 heteroatoms. The summed E-state index contributed by atoms with van der Waals surface area (Å²) in [7, 11) is 10.6. The van der Waals surface area contributed by atoms with E-state index in [0.717, 1.165) is 31.3 Å². The van der Waals surface area contributed by atoms with Crippen LogP contribution in [0.4, 0.5) is 11.4 Å². The first-order chi connectivity index (χ1) is 24.6. The van der Waals surface area contributed by atoms with Crippen LogP contribution in [0.5, 0.6) is 23.0 Å². The first kappa shape index (κ1) is 38.8. The van der Waals surface area contributed by atoms with E-state index in [1.54, 1.807) is 60.2 Å². The second-order valence-corrected chi connectivity index (χ2v) is 15.7. The number of methoxy groups -OCH3 is 2. The number of benzene rings is 2. The van der Waals surface area contributed by atoms with Crippen LogP contribution in [0.3, 0.4) is 0 Å². The van der Waals surface area contributed by atoms with Crippen molar-refractivity contribution in [2.24, 2.45) is 15.8 Å². The number of hydrogen-bond donors (Lipinski definition) is 1. The number of anilines is 1. The predicted octanol–water partition coefficient (Wildman–Crippen LogP) is 6.22. The van der Waals surface area contributed by atoms with Crippen LogP contribution in [0, 0.1) is 10.8 Å². The van der Waals surface area contributed by atoms with E-state index in [0.29, 0.717) is 70.8 Å². The summed E-state index contributed by atoms with van der Waals surface area (Å²) in [5.41, 5.74) is 3.55. The highest BCUT2D eigenvalue weighted by atomic mass is 16.5. The first-order valence-electron chi connectivity index (χ1n) is 17.8. The minimum Gasteiger partial charge on any atom is -0.493 e. The third-order valence-corrected chi connectivity index (χ3v) is 10.3. The summed E-state index contributed by atoms with van der Waals surface area (Å²) in [6.45, 7) is 18.6. The summed E-state index contributed by atoms with van der Waals surface area (Å²) < 4.78 is 23.9. The second-order valence-electron chi connectivity index (χ2n) is 15.7. The van der Waals surface area contributed by atoms with Crippen molar-refractivity contribution in [3.8, 4) is 23.0 Å². The number of β-amino-alcohol motifs (C(OH)–C–C–N with tert-alkyl or cyclic N) is 1. The Hall–Kier alpha value is -4.45. The van der Waals surface area contributed by atoms with Crippen LogP contribution in [-0.2, 0) is 0 Å². The average Bonchev–Trinajstić information content (AvgIpc) is 3.41. The van der Waals surface area contributed by atoms with Crippen LogP contribution in [0.2, 0.25) is 6.32 Å². The Morgan fingerprint density at radius 2 is 1.60 bits per heavy atom. The molecule has 1 fully saturated rings. The van der Waals surface area contributed by atoms with E-state index in [1.165, 1.54) is 0 Å². The summed E-state index contributed by atoms with van der Waals surface area (Å²) >= 11 is 0. The van der Waals surface area contributed by atoms with Crippen molar-refractivity contribution < 1.29 is 33.6 Å². The fourth-order valence-corrected chi connectivity index (χ4v) is 6.68. The number of aliphatic hydroxyl groups is 1. The molecule has 2 aromatic rings.